The number of likely N-dealkylation sites (tertiary alicyclic amines) is 1. The SMILES string of the molecule is COCCN1C(=O)C(=O)/C(=C(\O)c2ccc(Cl)c(Cl)c2)C1c1ccc(OC)c(OC)c1. The van der Waals surface area contributed by atoms with Crippen LogP contribution in [0.15, 0.2) is 42.0 Å². The summed E-state index contributed by atoms with van der Waals surface area (Å²) in [7, 11) is 4.49. The molecule has 0 saturated carbocycles. The largest absolute Gasteiger partial charge is 0.507 e. The molecule has 31 heavy (non-hydrogen) atoms. The van der Waals surface area contributed by atoms with Gasteiger partial charge in [-0.05, 0) is 35.9 Å². The summed E-state index contributed by atoms with van der Waals surface area (Å²) in [6, 6.07) is 8.65. The van der Waals surface area contributed by atoms with Gasteiger partial charge in [0.2, 0.25) is 0 Å². The van der Waals surface area contributed by atoms with Crippen molar-refractivity contribution in [1.29, 1.82) is 0 Å². The van der Waals surface area contributed by atoms with Crippen molar-refractivity contribution in [3.63, 3.8) is 0 Å². The number of halogens is 2. The first kappa shape index (κ1) is 22.9. The minimum absolute atomic E-state index is 0.0632. The summed E-state index contributed by atoms with van der Waals surface area (Å²) >= 11 is 12.0. The highest BCUT2D eigenvalue weighted by Crippen LogP contribution is 2.42. The number of Topliss-reactive ketones (excluding diaryl/α,β-unsaturated/α-hetero) is 1. The highest BCUT2D eigenvalue weighted by Gasteiger charge is 2.46. The molecule has 1 saturated heterocycles. The van der Waals surface area contributed by atoms with E-state index in [0.29, 0.717) is 22.1 Å². The van der Waals surface area contributed by atoms with E-state index in [1.165, 1.54) is 44.4 Å². The molecule has 0 spiro atoms. The molecule has 2 aromatic carbocycles. The van der Waals surface area contributed by atoms with Crippen LogP contribution in [0.25, 0.3) is 5.76 Å². The third-order valence-electron chi connectivity index (χ3n) is 4.99. The maximum absolute atomic E-state index is 12.9. The van der Waals surface area contributed by atoms with E-state index < -0.39 is 17.7 Å². The van der Waals surface area contributed by atoms with E-state index in [1.54, 1.807) is 18.2 Å². The summed E-state index contributed by atoms with van der Waals surface area (Å²) in [6.45, 7) is 0.363. The predicted octanol–water partition coefficient (Wildman–Crippen LogP) is 4.08. The Labute approximate surface area is 189 Å². The maximum Gasteiger partial charge on any atom is 0.295 e. The summed E-state index contributed by atoms with van der Waals surface area (Å²) in [5.41, 5.74) is 0.769. The van der Waals surface area contributed by atoms with Gasteiger partial charge in [0, 0.05) is 19.2 Å². The lowest BCUT2D eigenvalue weighted by Gasteiger charge is -2.25. The smallest absolute Gasteiger partial charge is 0.295 e. The summed E-state index contributed by atoms with van der Waals surface area (Å²) in [6.07, 6.45) is 0. The van der Waals surface area contributed by atoms with E-state index in [9.17, 15) is 14.7 Å². The molecule has 7 nitrogen and oxygen atoms in total. The number of carbonyl (C=O) groups is 2. The molecule has 3 rings (SSSR count). The highest BCUT2D eigenvalue weighted by atomic mass is 35.5. The molecule has 0 bridgehead atoms. The van der Waals surface area contributed by atoms with Crippen molar-refractivity contribution >= 4 is 40.7 Å². The normalized spacial score (nSPS) is 17.8. The number of hydrogen-bond acceptors (Lipinski definition) is 6. The second-order valence-corrected chi connectivity index (χ2v) is 7.54. The van der Waals surface area contributed by atoms with E-state index in [1.807, 2.05) is 0 Å². The maximum atomic E-state index is 12.9. The number of rotatable bonds is 7. The molecule has 1 fully saturated rings. The summed E-state index contributed by atoms with van der Waals surface area (Å²) < 4.78 is 15.7. The van der Waals surface area contributed by atoms with Crippen LogP contribution in [0.1, 0.15) is 17.2 Å². The number of methoxy groups -OCH3 is 3. The molecule has 164 valence electrons. The summed E-state index contributed by atoms with van der Waals surface area (Å²) in [5, 5.41) is 11.5. The number of benzene rings is 2. The summed E-state index contributed by atoms with van der Waals surface area (Å²) in [5.74, 6) is -0.981. The van der Waals surface area contributed by atoms with E-state index in [4.69, 9.17) is 37.4 Å². The minimum atomic E-state index is -0.857. The zero-order chi connectivity index (χ0) is 22.7. The molecule has 1 aliphatic heterocycles. The molecule has 0 aromatic heterocycles. The second kappa shape index (κ2) is 9.60. The van der Waals surface area contributed by atoms with Crippen molar-refractivity contribution in [3.8, 4) is 11.5 Å². The van der Waals surface area contributed by atoms with Crippen LogP contribution >= 0.6 is 23.2 Å². The second-order valence-electron chi connectivity index (χ2n) is 6.73. The molecular weight excluding hydrogens is 445 g/mol. The van der Waals surface area contributed by atoms with Crippen molar-refractivity contribution in [3.05, 3.63) is 63.1 Å². The first-order chi connectivity index (χ1) is 14.8. The predicted molar refractivity (Wildman–Crippen MR) is 117 cm³/mol. The number of carbonyl (C=O) groups excluding carboxylic acids is 2. The molecule has 2 aromatic rings. The van der Waals surface area contributed by atoms with Crippen LogP contribution < -0.4 is 9.47 Å². The van der Waals surface area contributed by atoms with Gasteiger partial charge in [-0.25, -0.2) is 0 Å². The van der Waals surface area contributed by atoms with Crippen molar-refractivity contribution in [1.82, 2.24) is 4.90 Å². The van der Waals surface area contributed by atoms with E-state index in [0.717, 1.165) is 0 Å². The Morgan fingerprint density at radius 3 is 2.32 bits per heavy atom. The first-order valence-corrected chi connectivity index (χ1v) is 10.0. The quantitative estimate of drug-likeness (QED) is 0.376. The van der Waals surface area contributed by atoms with Crippen molar-refractivity contribution < 1.29 is 28.9 Å². The van der Waals surface area contributed by atoms with Gasteiger partial charge in [-0.15, -0.1) is 0 Å². The molecule has 1 unspecified atom stereocenters. The average molecular weight is 466 g/mol. The Morgan fingerprint density at radius 1 is 1.00 bits per heavy atom. The Balaban J connectivity index is 2.21. The molecular formula is C22H21Cl2NO6. The monoisotopic (exact) mass is 465 g/mol. The fourth-order valence-electron chi connectivity index (χ4n) is 3.47. The van der Waals surface area contributed by atoms with E-state index in [-0.39, 0.29) is 35.1 Å². The molecule has 1 heterocycles. The number of ketones is 1. The van der Waals surface area contributed by atoms with Gasteiger partial charge in [0.05, 0.1) is 42.5 Å². The molecule has 1 atom stereocenters. The number of aliphatic hydroxyl groups is 1. The number of nitrogens with zero attached hydrogens (tertiary/aromatic N) is 1. The van der Waals surface area contributed by atoms with Crippen molar-refractivity contribution in [2.24, 2.45) is 0 Å². The van der Waals surface area contributed by atoms with Gasteiger partial charge >= 0.3 is 0 Å². The number of aliphatic hydroxyl groups excluding tert-OH is 1. The van der Waals surface area contributed by atoms with Gasteiger partial charge in [-0.3, -0.25) is 9.59 Å². The van der Waals surface area contributed by atoms with Crippen LogP contribution in [0, 0.1) is 0 Å². The van der Waals surface area contributed by atoms with Crippen LogP contribution in [0.4, 0.5) is 0 Å². The van der Waals surface area contributed by atoms with Gasteiger partial charge < -0.3 is 24.2 Å². The van der Waals surface area contributed by atoms with Gasteiger partial charge in [0.1, 0.15) is 5.76 Å². The number of amides is 1. The van der Waals surface area contributed by atoms with Gasteiger partial charge in [-0.2, -0.15) is 0 Å². The molecule has 1 aliphatic rings. The number of hydrogen-bond donors (Lipinski definition) is 1. The van der Waals surface area contributed by atoms with Crippen LogP contribution in [0.2, 0.25) is 10.0 Å². The zero-order valence-corrected chi connectivity index (χ0v) is 18.7. The molecule has 1 amide bonds. The van der Waals surface area contributed by atoms with Crippen LogP contribution in [-0.2, 0) is 14.3 Å². The molecule has 9 heteroatoms. The van der Waals surface area contributed by atoms with Gasteiger partial charge in [0.15, 0.2) is 11.5 Å². The average Bonchev–Trinajstić information content (AvgIpc) is 3.03. The lowest BCUT2D eigenvalue weighted by atomic mass is 9.95. The highest BCUT2D eigenvalue weighted by molar-refractivity contribution is 6.46. The lowest BCUT2D eigenvalue weighted by molar-refractivity contribution is -0.140. The third kappa shape index (κ3) is 4.35. The van der Waals surface area contributed by atoms with Gasteiger partial charge in [0.25, 0.3) is 11.7 Å². The zero-order valence-electron chi connectivity index (χ0n) is 17.1. The Bertz CT molecular complexity index is 1050. The molecule has 0 aliphatic carbocycles. The van der Waals surface area contributed by atoms with Crippen LogP contribution in [0.5, 0.6) is 11.5 Å². The van der Waals surface area contributed by atoms with Crippen molar-refractivity contribution in [2.75, 3.05) is 34.5 Å². The van der Waals surface area contributed by atoms with Gasteiger partial charge in [-0.1, -0.05) is 29.3 Å². The van der Waals surface area contributed by atoms with Crippen molar-refractivity contribution in [2.45, 2.75) is 6.04 Å². The fraction of sp³-hybridized carbons (Fsp3) is 0.273. The minimum Gasteiger partial charge on any atom is -0.507 e. The Hall–Kier alpha value is -2.74. The fourth-order valence-corrected chi connectivity index (χ4v) is 3.77. The van der Waals surface area contributed by atoms with Crippen LogP contribution in [0.3, 0.4) is 0 Å². The third-order valence-corrected chi connectivity index (χ3v) is 5.73. The standard InChI is InChI=1S/C22H21Cl2NO6/c1-29-9-8-25-19(12-5-7-16(30-2)17(11-12)31-3)18(21(27)22(25)28)20(26)13-4-6-14(23)15(24)10-13/h4-7,10-11,19,26H,8-9H2,1-3H3/b20-18-. The first-order valence-electron chi connectivity index (χ1n) is 9.28. The lowest BCUT2D eigenvalue weighted by Crippen LogP contribution is -2.32. The Morgan fingerprint density at radius 2 is 1.71 bits per heavy atom. The Kier molecular flexibility index (Phi) is 7.10. The van der Waals surface area contributed by atoms with E-state index in [2.05, 4.69) is 0 Å². The summed E-state index contributed by atoms with van der Waals surface area (Å²) in [4.78, 5) is 27.1. The topological polar surface area (TPSA) is 85.3 Å². The molecule has 0 radical (unpaired) electrons. The molecule has 1 N–H and O–H groups in total. The van der Waals surface area contributed by atoms with Crippen LogP contribution in [-0.4, -0.2) is 56.2 Å². The number of ether oxygens (including phenoxy) is 3. The van der Waals surface area contributed by atoms with E-state index >= 15 is 0 Å².